The second-order valence-electron chi connectivity index (χ2n) is 3.88. The van der Waals surface area contributed by atoms with Gasteiger partial charge in [-0.2, -0.15) is 0 Å². The SMILES string of the molecule is CN(Cc1cccnc1)c1ccc(CBr)cn1. The second kappa shape index (κ2) is 5.77. The maximum absolute atomic E-state index is 4.42. The van der Waals surface area contributed by atoms with Crippen molar-refractivity contribution in [3.05, 3.63) is 54.0 Å². The molecule has 0 atom stereocenters. The van der Waals surface area contributed by atoms with Gasteiger partial charge >= 0.3 is 0 Å². The van der Waals surface area contributed by atoms with Crippen LogP contribution in [-0.2, 0) is 11.9 Å². The van der Waals surface area contributed by atoms with E-state index in [1.54, 1.807) is 6.20 Å². The summed E-state index contributed by atoms with van der Waals surface area (Å²) < 4.78 is 0. The van der Waals surface area contributed by atoms with Crippen molar-refractivity contribution in [1.29, 1.82) is 0 Å². The smallest absolute Gasteiger partial charge is 0.128 e. The molecule has 0 saturated carbocycles. The normalized spacial score (nSPS) is 10.2. The fourth-order valence-corrected chi connectivity index (χ4v) is 1.90. The molecule has 2 aromatic heterocycles. The molecule has 0 spiro atoms. The van der Waals surface area contributed by atoms with Crippen LogP contribution in [0.2, 0.25) is 0 Å². The number of rotatable bonds is 4. The monoisotopic (exact) mass is 291 g/mol. The van der Waals surface area contributed by atoms with E-state index in [0.29, 0.717) is 0 Å². The number of hydrogen-bond donors (Lipinski definition) is 0. The summed E-state index contributed by atoms with van der Waals surface area (Å²) in [6.45, 7) is 0.814. The standard InChI is InChI=1S/C13H14BrN3/c1-17(10-12-3-2-6-15-8-12)13-5-4-11(7-14)9-16-13/h2-6,8-9H,7,10H2,1H3. The average molecular weight is 292 g/mol. The molecule has 0 fully saturated rings. The van der Waals surface area contributed by atoms with E-state index in [-0.39, 0.29) is 0 Å². The van der Waals surface area contributed by atoms with Crippen LogP contribution in [0, 0.1) is 0 Å². The molecule has 4 heteroatoms. The molecular formula is C13H14BrN3. The van der Waals surface area contributed by atoms with Crippen molar-refractivity contribution in [3.63, 3.8) is 0 Å². The zero-order chi connectivity index (χ0) is 12.1. The fraction of sp³-hybridized carbons (Fsp3) is 0.231. The van der Waals surface area contributed by atoms with Crippen LogP contribution < -0.4 is 4.90 Å². The molecule has 0 aliphatic heterocycles. The summed E-state index contributed by atoms with van der Waals surface area (Å²) in [6, 6.07) is 8.13. The summed E-state index contributed by atoms with van der Waals surface area (Å²) in [5.74, 6) is 0.971. The van der Waals surface area contributed by atoms with E-state index < -0.39 is 0 Å². The first kappa shape index (κ1) is 12.0. The number of pyridine rings is 2. The van der Waals surface area contributed by atoms with Crippen molar-refractivity contribution >= 4 is 21.7 Å². The lowest BCUT2D eigenvalue weighted by Gasteiger charge is -2.18. The number of anilines is 1. The molecule has 0 aromatic carbocycles. The Morgan fingerprint density at radius 3 is 2.65 bits per heavy atom. The van der Waals surface area contributed by atoms with E-state index in [0.717, 1.165) is 17.7 Å². The molecule has 2 rings (SSSR count). The van der Waals surface area contributed by atoms with Gasteiger partial charge in [0.05, 0.1) is 0 Å². The van der Waals surface area contributed by atoms with Crippen LogP contribution in [0.1, 0.15) is 11.1 Å². The van der Waals surface area contributed by atoms with E-state index in [2.05, 4.69) is 42.9 Å². The number of hydrogen-bond acceptors (Lipinski definition) is 3. The van der Waals surface area contributed by atoms with Crippen LogP contribution in [0.25, 0.3) is 0 Å². The van der Waals surface area contributed by atoms with Crippen LogP contribution in [0.5, 0.6) is 0 Å². The average Bonchev–Trinajstić information content (AvgIpc) is 2.40. The van der Waals surface area contributed by atoms with E-state index in [9.17, 15) is 0 Å². The zero-order valence-corrected chi connectivity index (χ0v) is 11.3. The third-order valence-electron chi connectivity index (χ3n) is 2.50. The van der Waals surface area contributed by atoms with Crippen LogP contribution in [0.4, 0.5) is 5.82 Å². The highest BCUT2D eigenvalue weighted by molar-refractivity contribution is 9.08. The lowest BCUT2D eigenvalue weighted by Crippen LogP contribution is -2.17. The Kier molecular flexibility index (Phi) is 4.09. The summed E-state index contributed by atoms with van der Waals surface area (Å²) >= 11 is 3.41. The summed E-state index contributed by atoms with van der Waals surface area (Å²) in [4.78, 5) is 10.6. The van der Waals surface area contributed by atoms with Crippen molar-refractivity contribution in [2.24, 2.45) is 0 Å². The first-order valence-electron chi connectivity index (χ1n) is 5.40. The Bertz CT molecular complexity index is 456. The topological polar surface area (TPSA) is 29.0 Å². The molecule has 17 heavy (non-hydrogen) atoms. The van der Waals surface area contributed by atoms with Gasteiger partial charge in [0.2, 0.25) is 0 Å². The minimum Gasteiger partial charge on any atom is -0.355 e. The molecule has 0 aliphatic carbocycles. The number of alkyl halides is 1. The van der Waals surface area contributed by atoms with Gasteiger partial charge in [0, 0.05) is 37.5 Å². The Labute approximate surface area is 110 Å². The molecule has 0 unspecified atom stereocenters. The molecule has 0 saturated heterocycles. The summed E-state index contributed by atoms with van der Waals surface area (Å²) in [5, 5.41) is 0.840. The summed E-state index contributed by atoms with van der Waals surface area (Å²) in [6.07, 6.45) is 5.56. The Morgan fingerprint density at radius 1 is 1.18 bits per heavy atom. The minimum absolute atomic E-state index is 0.814. The van der Waals surface area contributed by atoms with Gasteiger partial charge in [-0.15, -0.1) is 0 Å². The molecule has 2 aromatic rings. The highest BCUT2D eigenvalue weighted by atomic mass is 79.9. The van der Waals surface area contributed by atoms with Gasteiger partial charge in [0.15, 0.2) is 0 Å². The summed E-state index contributed by atoms with van der Waals surface area (Å²) in [5.41, 5.74) is 2.37. The van der Waals surface area contributed by atoms with E-state index in [1.165, 1.54) is 11.1 Å². The number of nitrogens with zero attached hydrogens (tertiary/aromatic N) is 3. The quantitative estimate of drug-likeness (QED) is 0.811. The van der Waals surface area contributed by atoms with Crippen molar-refractivity contribution in [3.8, 4) is 0 Å². The van der Waals surface area contributed by atoms with Gasteiger partial charge in [0.1, 0.15) is 5.82 Å². The van der Waals surface area contributed by atoms with Crippen LogP contribution in [-0.4, -0.2) is 17.0 Å². The Balaban J connectivity index is 2.06. The van der Waals surface area contributed by atoms with Crippen molar-refractivity contribution in [1.82, 2.24) is 9.97 Å². The second-order valence-corrected chi connectivity index (χ2v) is 4.44. The predicted octanol–water partition coefficient (Wildman–Crippen LogP) is 3.01. The van der Waals surface area contributed by atoms with E-state index in [4.69, 9.17) is 0 Å². The highest BCUT2D eigenvalue weighted by Gasteiger charge is 2.03. The molecule has 88 valence electrons. The third kappa shape index (κ3) is 3.27. The van der Waals surface area contributed by atoms with E-state index in [1.807, 2.05) is 31.6 Å². The highest BCUT2D eigenvalue weighted by Crippen LogP contribution is 2.13. The maximum Gasteiger partial charge on any atom is 0.128 e. The Morgan fingerprint density at radius 2 is 2.06 bits per heavy atom. The summed E-state index contributed by atoms with van der Waals surface area (Å²) in [7, 11) is 2.03. The van der Waals surface area contributed by atoms with Gasteiger partial charge in [-0.05, 0) is 23.3 Å². The molecule has 2 heterocycles. The maximum atomic E-state index is 4.42. The molecule has 0 N–H and O–H groups in total. The predicted molar refractivity (Wildman–Crippen MR) is 73.2 cm³/mol. The van der Waals surface area contributed by atoms with Crippen LogP contribution in [0.15, 0.2) is 42.9 Å². The van der Waals surface area contributed by atoms with Gasteiger partial charge in [0.25, 0.3) is 0 Å². The lowest BCUT2D eigenvalue weighted by molar-refractivity contribution is 0.890. The molecule has 0 bridgehead atoms. The van der Waals surface area contributed by atoms with Crippen LogP contribution in [0.3, 0.4) is 0 Å². The molecule has 0 amide bonds. The lowest BCUT2D eigenvalue weighted by atomic mass is 10.2. The molecular weight excluding hydrogens is 278 g/mol. The van der Waals surface area contributed by atoms with Gasteiger partial charge in [-0.3, -0.25) is 4.98 Å². The molecule has 0 radical (unpaired) electrons. The van der Waals surface area contributed by atoms with Gasteiger partial charge < -0.3 is 4.90 Å². The molecule has 3 nitrogen and oxygen atoms in total. The third-order valence-corrected chi connectivity index (χ3v) is 3.14. The van der Waals surface area contributed by atoms with E-state index >= 15 is 0 Å². The van der Waals surface area contributed by atoms with Crippen LogP contribution >= 0.6 is 15.9 Å². The van der Waals surface area contributed by atoms with Crippen molar-refractivity contribution in [2.75, 3.05) is 11.9 Å². The number of aromatic nitrogens is 2. The largest absolute Gasteiger partial charge is 0.355 e. The minimum atomic E-state index is 0.814. The zero-order valence-electron chi connectivity index (χ0n) is 9.68. The first-order valence-corrected chi connectivity index (χ1v) is 6.52. The van der Waals surface area contributed by atoms with Crippen molar-refractivity contribution in [2.45, 2.75) is 11.9 Å². The van der Waals surface area contributed by atoms with Crippen molar-refractivity contribution < 1.29 is 0 Å². The Hall–Kier alpha value is -1.42. The first-order chi connectivity index (χ1) is 8.29. The van der Waals surface area contributed by atoms with Gasteiger partial charge in [-0.1, -0.05) is 28.1 Å². The van der Waals surface area contributed by atoms with Gasteiger partial charge in [-0.25, -0.2) is 4.98 Å². The fourth-order valence-electron chi connectivity index (χ4n) is 1.57. The molecule has 0 aliphatic rings. The number of halogens is 1.